The highest BCUT2D eigenvalue weighted by Gasteiger charge is 2.24. The molecule has 0 bridgehead atoms. The molecule has 0 saturated carbocycles. The molecule has 122 valence electrons. The highest BCUT2D eigenvalue weighted by molar-refractivity contribution is 7.89. The van der Waals surface area contributed by atoms with E-state index in [0.717, 1.165) is 31.2 Å². The summed E-state index contributed by atoms with van der Waals surface area (Å²) in [4.78, 5) is 11.8. The van der Waals surface area contributed by atoms with Crippen molar-refractivity contribution >= 4 is 15.9 Å². The van der Waals surface area contributed by atoms with Gasteiger partial charge < -0.3 is 5.32 Å². The second-order valence-electron chi connectivity index (χ2n) is 5.61. The molecule has 1 aromatic carbocycles. The molecule has 22 heavy (non-hydrogen) atoms. The molecule has 1 N–H and O–H groups in total. The summed E-state index contributed by atoms with van der Waals surface area (Å²) in [5, 5.41) is 2.78. The predicted octanol–water partition coefficient (Wildman–Crippen LogP) is 1.55. The maximum atomic E-state index is 12.1. The van der Waals surface area contributed by atoms with Gasteiger partial charge in [0.05, 0.1) is 5.75 Å². The Morgan fingerprint density at radius 2 is 1.77 bits per heavy atom. The average molecular weight is 324 g/mol. The number of rotatable bonds is 7. The largest absolute Gasteiger partial charge is 0.356 e. The van der Waals surface area contributed by atoms with Gasteiger partial charge in [-0.3, -0.25) is 4.79 Å². The summed E-state index contributed by atoms with van der Waals surface area (Å²) in [5.74, 6) is -0.291. The van der Waals surface area contributed by atoms with Crippen LogP contribution in [-0.4, -0.2) is 44.0 Å². The lowest BCUT2D eigenvalue weighted by Crippen LogP contribution is -2.38. The Morgan fingerprint density at radius 1 is 1.09 bits per heavy atom. The van der Waals surface area contributed by atoms with E-state index < -0.39 is 10.0 Å². The molecule has 6 heteroatoms. The van der Waals surface area contributed by atoms with Crippen molar-refractivity contribution in [2.24, 2.45) is 0 Å². The molecule has 1 aromatic rings. The zero-order chi connectivity index (χ0) is 15.8. The van der Waals surface area contributed by atoms with Crippen molar-refractivity contribution in [3.63, 3.8) is 0 Å². The summed E-state index contributed by atoms with van der Waals surface area (Å²) in [6.45, 7) is 1.72. The number of carbonyl (C=O) groups is 1. The van der Waals surface area contributed by atoms with Gasteiger partial charge in [0.2, 0.25) is 15.9 Å². The van der Waals surface area contributed by atoms with Crippen LogP contribution in [0.2, 0.25) is 0 Å². The first-order valence-electron chi connectivity index (χ1n) is 7.86. The van der Waals surface area contributed by atoms with E-state index in [0.29, 0.717) is 19.6 Å². The van der Waals surface area contributed by atoms with Gasteiger partial charge in [0.15, 0.2) is 0 Å². The number of hydrogen-bond acceptors (Lipinski definition) is 3. The monoisotopic (exact) mass is 324 g/mol. The fourth-order valence-corrected chi connectivity index (χ4v) is 4.09. The molecule has 1 saturated heterocycles. The van der Waals surface area contributed by atoms with Gasteiger partial charge in [-0.25, -0.2) is 12.7 Å². The van der Waals surface area contributed by atoms with Crippen LogP contribution in [0.5, 0.6) is 0 Å². The number of carbonyl (C=O) groups excluding carboxylic acids is 1. The van der Waals surface area contributed by atoms with Gasteiger partial charge in [-0.1, -0.05) is 36.8 Å². The number of benzene rings is 1. The molecule has 0 aromatic heterocycles. The Bertz CT molecular complexity index is 566. The number of hydrogen-bond donors (Lipinski definition) is 1. The highest BCUT2D eigenvalue weighted by Crippen LogP contribution is 2.13. The van der Waals surface area contributed by atoms with E-state index in [1.165, 1.54) is 4.31 Å². The molecule has 1 fully saturated rings. The molecule has 0 atom stereocenters. The smallest absolute Gasteiger partial charge is 0.221 e. The number of nitrogens with one attached hydrogen (secondary N) is 1. The van der Waals surface area contributed by atoms with Crippen molar-refractivity contribution in [1.82, 2.24) is 9.62 Å². The standard InChI is InChI=1S/C16H24N2O3S/c19-16(17-11-9-15-7-3-1-4-8-15)10-14-22(20,21)18-12-5-2-6-13-18/h1,3-4,7-8H,2,5-6,9-14H2,(H,17,19). The van der Waals surface area contributed by atoms with E-state index in [2.05, 4.69) is 5.32 Å². The first kappa shape index (κ1) is 17.0. The third-order valence-electron chi connectivity index (χ3n) is 3.87. The first-order valence-corrected chi connectivity index (χ1v) is 9.47. The van der Waals surface area contributed by atoms with Gasteiger partial charge in [-0.15, -0.1) is 0 Å². The van der Waals surface area contributed by atoms with Crippen LogP contribution in [0.3, 0.4) is 0 Å². The molecule has 0 aliphatic carbocycles. The molecule has 2 rings (SSSR count). The minimum atomic E-state index is -3.28. The van der Waals surface area contributed by atoms with Gasteiger partial charge >= 0.3 is 0 Å². The zero-order valence-electron chi connectivity index (χ0n) is 12.8. The SMILES string of the molecule is O=C(CCS(=O)(=O)N1CCCCC1)NCCc1ccccc1. The third kappa shape index (κ3) is 5.42. The van der Waals surface area contributed by atoms with Crippen molar-refractivity contribution in [1.29, 1.82) is 0 Å². The van der Waals surface area contributed by atoms with Gasteiger partial charge in [0, 0.05) is 26.1 Å². The Kier molecular flexibility index (Phi) is 6.39. The van der Waals surface area contributed by atoms with Gasteiger partial charge in [-0.05, 0) is 24.8 Å². The molecular formula is C16H24N2O3S. The molecule has 0 radical (unpaired) electrons. The number of sulfonamides is 1. The lowest BCUT2D eigenvalue weighted by molar-refractivity contribution is -0.120. The van der Waals surface area contributed by atoms with Crippen LogP contribution in [0.25, 0.3) is 0 Å². The average Bonchev–Trinajstić information content (AvgIpc) is 2.55. The molecule has 0 spiro atoms. The summed E-state index contributed by atoms with van der Waals surface area (Å²) in [6.07, 6.45) is 3.72. The second-order valence-corrected chi connectivity index (χ2v) is 7.70. The molecule has 0 unspecified atom stereocenters. The van der Waals surface area contributed by atoms with E-state index in [1.807, 2.05) is 30.3 Å². The Hall–Kier alpha value is -1.40. The number of piperidine rings is 1. The Balaban J connectivity index is 1.68. The molecule has 1 aliphatic heterocycles. The van der Waals surface area contributed by atoms with Crippen LogP contribution in [0.1, 0.15) is 31.2 Å². The maximum Gasteiger partial charge on any atom is 0.221 e. The summed E-state index contributed by atoms with van der Waals surface area (Å²) < 4.78 is 25.8. The molecule has 5 nitrogen and oxygen atoms in total. The van der Waals surface area contributed by atoms with Crippen LogP contribution in [0.15, 0.2) is 30.3 Å². The predicted molar refractivity (Wildman–Crippen MR) is 87.0 cm³/mol. The minimum Gasteiger partial charge on any atom is -0.356 e. The number of nitrogens with zero attached hydrogens (tertiary/aromatic N) is 1. The third-order valence-corrected chi connectivity index (χ3v) is 5.75. The van der Waals surface area contributed by atoms with Crippen LogP contribution >= 0.6 is 0 Å². The molecule has 1 amide bonds. The second kappa shape index (κ2) is 8.29. The zero-order valence-corrected chi connectivity index (χ0v) is 13.6. The van der Waals surface area contributed by atoms with Gasteiger partial charge in [0.25, 0.3) is 0 Å². The molecule has 1 aliphatic rings. The quantitative estimate of drug-likeness (QED) is 0.827. The van der Waals surface area contributed by atoms with E-state index >= 15 is 0 Å². The Morgan fingerprint density at radius 3 is 2.45 bits per heavy atom. The molecular weight excluding hydrogens is 300 g/mol. The Labute approximate surface area is 132 Å². The highest BCUT2D eigenvalue weighted by atomic mass is 32.2. The van der Waals surface area contributed by atoms with Crippen LogP contribution in [-0.2, 0) is 21.2 Å². The van der Waals surface area contributed by atoms with Gasteiger partial charge in [-0.2, -0.15) is 0 Å². The van der Waals surface area contributed by atoms with E-state index in [-0.39, 0.29) is 18.1 Å². The fourth-order valence-electron chi connectivity index (χ4n) is 2.57. The van der Waals surface area contributed by atoms with Crippen LogP contribution < -0.4 is 5.32 Å². The van der Waals surface area contributed by atoms with E-state index in [9.17, 15) is 13.2 Å². The van der Waals surface area contributed by atoms with Crippen molar-refractivity contribution < 1.29 is 13.2 Å². The summed E-state index contributed by atoms with van der Waals surface area (Å²) in [6, 6.07) is 9.89. The topological polar surface area (TPSA) is 66.5 Å². The van der Waals surface area contributed by atoms with Gasteiger partial charge in [0.1, 0.15) is 0 Å². The van der Waals surface area contributed by atoms with E-state index in [4.69, 9.17) is 0 Å². The van der Waals surface area contributed by atoms with Crippen LogP contribution in [0.4, 0.5) is 0 Å². The van der Waals surface area contributed by atoms with Crippen molar-refractivity contribution in [2.45, 2.75) is 32.1 Å². The van der Waals surface area contributed by atoms with Crippen molar-refractivity contribution in [3.8, 4) is 0 Å². The van der Waals surface area contributed by atoms with E-state index in [1.54, 1.807) is 0 Å². The first-order chi connectivity index (χ1) is 10.6. The lowest BCUT2D eigenvalue weighted by Gasteiger charge is -2.25. The fraction of sp³-hybridized carbons (Fsp3) is 0.562. The lowest BCUT2D eigenvalue weighted by atomic mass is 10.1. The summed E-state index contributed by atoms with van der Waals surface area (Å²) in [7, 11) is -3.28. The molecule has 1 heterocycles. The number of amides is 1. The van der Waals surface area contributed by atoms with Crippen LogP contribution in [0, 0.1) is 0 Å². The summed E-state index contributed by atoms with van der Waals surface area (Å²) in [5.41, 5.74) is 1.16. The summed E-state index contributed by atoms with van der Waals surface area (Å²) >= 11 is 0. The minimum absolute atomic E-state index is 0.0353. The maximum absolute atomic E-state index is 12.1. The van der Waals surface area contributed by atoms with Crippen molar-refractivity contribution in [3.05, 3.63) is 35.9 Å². The normalized spacial score (nSPS) is 16.4. The van der Waals surface area contributed by atoms with Crippen molar-refractivity contribution in [2.75, 3.05) is 25.4 Å².